The van der Waals surface area contributed by atoms with E-state index in [0.717, 1.165) is 41.7 Å². The summed E-state index contributed by atoms with van der Waals surface area (Å²) in [5.41, 5.74) is 3.40. The lowest BCUT2D eigenvalue weighted by Crippen LogP contribution is -2.25. The minimum Gasteiger partial charge on any atom is -0.352 e. The van der Waals surface area contributed by atoms with Crippen molar-refractivity contribution in [3.8, 4) is 11.5 Å². The summed E-state index contributed by atoms with van der Waals surface area (Å²) in [6.07, 6.45) is 3.34. The van der Waals surface area contributed by atoms with Crippen LogP contribution in [-0.2, 0) is 12.8 Å². The van der Waals surface area contributed by atoms with Crippen LogP contribution in [0.3, 0.4) is 0 Å². The summed E-state index contributed by atoms with van der Waals surface area (Å²) in [6, 6.07) is 20.0. The van der Waals surface area contributed by atoms with E-state index < -0.39 is 0 Å². The molecule has 0 unspecified atom stereocenters. The Morgan fingerprint density at radius 1 is 1.06 bits per heavy atom. The van der Waals surface area contributed by atoms with Crippen LogP contribution in [0, 0.1) is 0 Å². The molecule has 2 aromatic carbocycles. The Labute approximate surface area is 214 Å². The Hall–Kier alpha value is -3.78. The fourth-order valence-electron chi connectivity index (χ4n) is 4.49. The molecule has 0 aliphatic rings. The van der Waals surface area contributed by atoms with E-state index in [1.54, 1.807) is 11.3 Å². The molecule has 0 atom stereocenters. The van der Waals surface area contributed by atoms with Gasteiger partial charge in [-0.2, -0.15) is 4.98 Å². The zero-order chi connectivity index (χ0) is 24.9. The average molecular weight is 500 g/mol. The van der Waals surface area contributed by atoms with E-state index in [0.29, 0.717) is 36.3 Å². The summed E-state index contributed by atoms with van der Waals surface area (Å²) < 4.78 is 7.70. The van der Waals surface area contributed by atoms with Gasteiger partial charge >= 0.3 is 0 Å². The first-order valence-electron chi connectivity index (χ1n) is 12.4. The molecule has 7 nitrogen and oxygen atoms in total. The second-order valence-electron chi connectivity index (χ2n) is 8.72. The van der Waals surface area contributed by atoms with Crippen molar-refractivity contribution < 1.29 is 9.32 Å². The van der Waals surface area contributed by atoms with Crippen molar-refractivity contribution in [3.63, 3.8) is 0 Å². The van der Waals surface area contributed by atoms with E-state index in [-0.39, 0.29) is 5.91 Å². The van der Waals surface area contributed by atoms with Crippen LogP contribution in [0.15, 0.2) is 70.6 Å². The van der Waals surface area contributed by atoms with Gasteiger partial charge in [0, 0.05) is 41.4 Å². The molecule has 0 aliphatic carbocycles. The van der Waals surface area contributed by atoms with Crippen LogP contribution in [0.1, 0.15) is 59.6 Å². The number of fused-ring (bicyclic) bond motifs is 1. The molecular weight excluding hydrogens is 470 g/mol. The quantitative estimate of drug-likeness (QED) is 0.252. The monoisotopic (exact) mass is 499 g/mol. The number of nitrogens with one attached hydrogen (secondary N) is 1. The molecule has 1 amide bonds. The number of imidazole rings is 1. The van der Waals surface area contributed by atoms with Gasteiger partial charge in [0.2, 0.25) is 0 Å². The molecule has 5 rings (SSSR count). The number of hydrogen-bond acceptors (Lipinski definition) is 6. The molecule has 184 valence electrons. The molecule has 0 fully saturated rings. The van der Waals surface area contributed by atoms with E-state index in [1.807, 2.05) is 48.5 Å². The first-order valence-corrected chi connectivity index (χ1v) is 13.2. The SMILES string of the molecule is CCC(CC)n1c(Cc2cccs2)nc2cc(C(=O)NCCc3noc(-c4ccccc4)n3)ccc21. The molecule has 5 aromatic rings. The normalized spacial score (nSPS) is 11.4. The zero-order valence-corrected chi connectivity index (χ0v) is 21.3. The number of amides is 1. The molecule has 0 saturated heterocycles. The summed E-state index contributed by atoms with van der Waals surface area (Å²) in [5, 5.41) is 9.10. The smallest absolute Gasteiger partial charge is 0.257 e. The van der Waals surface area contributed by atoms with Crippen molar-refractivity contribution in [2.75, 3.05) is 6.54 Å². The fourth-order valence-corrected chi connectivity index (χ4v) is 5.19. The van der Waals surface area contributed by atoms with Crippen molar-refractivity contribution in [1.29, 1.82) is 0 Å². The minimum absolute atomic E-state index is 0.138. The Kier molecular flexibility index (Phi) is 7.23. The van der Waals surface area contributed by atoms with Gasteiger partial charge in [-0.05, 0) is 54.6 Å². The molecule has 0 spiro atoms. The average Bonchev–Trinajstić information content (AvgIpc) is 3.66. The molecule has 0 aliphatic heterocycles. The van der Waals surface area contributed by atoms with Gasteiger partial charge in [0.15, 0.2) is 5.82 Å². The zero-order valence-electron chi connectivity index (χ0n) is 20.5. The topological polar surface area (TPSA) is 85.8 Å². The van der Waals surface area contributed by atoms with Crippen LogP contribution in [0.25, 0.3) is 22.5 Å². The van der Waals surface area contributed by atoms with E-state index in [2.05, 4.69) is 51.4 Å². The van der Waals surface area contributed by atoms with Crippen molar-refractivity contribution in [3.05, 3.63) is 88.1 Å². The predicted molar refractivity (Wildman–Crippen MR) is 142 cm³/mol. The van der Waals surface area contributed by atoms with E-state index in [9.17, 15) is 4.79 Å². The first-order chi connectivity index (χ1) is 17.7. The second kappa shape index (κ2) is 10.9. The van der Waals surface area contributed by atoms with Gasteiger partial charge in [0.1, 0.15) is 5.82 Å². The molecule has 8 heteroatoms. The summed E-state index contributed by atoms with van der Waals surface area (Å²) in [6.45, 7) is 4.84. The van der Waals surface area contributed by atoms with Gasteiger partial charge in [-0.15, -0.1) is 11.3 Å². The van der Waals surface area contributed by atoms with Crippen LogP contribution in [-0.4, -0.2) is 32.1 Å². The molecule has 3 aromatic heterocycles. The molecular formula is C28H29N5O2S. The maximum Gasteiger partial charge on any atom is 0.257 e. The Bertz CT molecular complexity index is 1440. The van der Waals surface area contributed by atoms with Crippen LogP contribution < -0.4 is 5.32 Å². The van der Waals surface area contributed by atoms with Gasteiger partial charge in [-0.3, -0.25) is 4.79 Å². The number of carbonyl (C=O) groups is 1. The third-order valence-electron chi connectivity index (χ3n) is 6.37. The van der Waals surface area contributed by atoms with Crippen LogP contribution in [0.4, 0.5) is 0 Å². The van der Waals surface area contributed by atoms with E-state index in [4.69, 9.17) is 9.51 Å². The molecule has 3 heterocycles. The minimum atomic E-state index is -0.138. The van der Waals surface area contributed by atoms with Gasteiger partial charge < -0.3 is 14.4 Å². The van der Waals surface area contributed by atoms with Crippen molar-refractivity contribution in [2.45, 2.75) is 45.6 Å². The molecule has 0 radical (unpaired) electrons. The number of thiophene rings is 1. The summed E-state index contributed by atoms with van der Waals surface area (Å²) in [4.78, 5) is 23.6. The second-order valence-corrected chi connectivity index (χ2v) is 9.75. The molecule has 1 N–H and O–H groups in total. The summed E-state index contributed by atoms with van der Waals surface area (Å²) >= 11 is 1.74. The van der Waals surface area contributed by atoms with Crippen LogP contribution in [0.5, 0.6) is 0 Å². The third-order valence-corrected chi connectivity index (χ3v) is 7.24. The first kappa shape index (κ1) is 23.9. The highest BCUT2D eigenvalue weighted by Crippen LogP contribution is 2.28. The molecule has 0 bridgehead atoms. The number of nitrogens with zero attached hydrogens (tertiary/aromatic N) is 4. The lowest BCUT2D eigenvalue weighted by molar-refractivity contribution is 0.0954. The van der Waals surface area contributed by atoms with Crippen molar-refractivity contribution in [2.24, 2.45) is 0 Å². The highest BCUT2D eigenvalue weighted by atomic mass is 32.1. The lowest BCUT2D eigenvalue weighted by atomic mass is 10.1. The van der Waals surface area contributed by atoms with Gasteiger partial charge in [-0.25, -0.2) is 4.98 Å². The Morgan fingerprint density at radius 3 is 2.64 bits per heavy atom. The largest absolute Gasteiger partial charge is 0.352 e. The third kappa shape index (κ3) is 5.09. The summed E-state index contributed by atoms with van der Waals surface area (Å²) in [7, 11) is 0. The van der Waals surface area contributed by atoms with Gasteiger partial charge in [0.25, 0.3) is 11.8 Å². The molecule has 0 saturated carbocycles. The number of carbonyl (C=O) groups excluding carboxylic acids is 1. The lowest BCUT2D eigenvalue weighted by Gasteiger charge is -2.18. The van der Waals surface area contributed by atoms with Gasteiger partial charge in [-0.1, -0.05) is 43.3 Å². The van der Waals surface area contributed by atoms with Gasteiger partial charge in [0.05, 0.1) is 11.0 Å². The highest BCUT2D eigenvalue weighted by molar-refractivity contribution is 7.09. The van der Waals surface area contributed by atoms with Crippen LogP contribution in [0.2, 0.25) is 0 Å². The number of benzene rings is 2. The number of aromatic nitrogens is 4. The predicted octanol–water partition coefficient (Wildman–Crippen LogP) is 6.07. The maximum atomic E-state index is 12.9. The van der Waals surface area contributed by atoms with Crippen LogP contribution >= 0.6 is 11.3 Å². The number of rotatable bonds is 10. The molecule has 36 heavy (non-hydrogen) atoms. The summed E-state index contributed by atoms with van der Waals surface area (Å²) in [5.74, 6) is 1.95. The Morgan fingerprint density at radius 2 is 1.89 bits per heavy atom. The Balaban J connectivity index is 1.29. The standard InChI is InChI=1S/C28H29N5O2S/c1-3-21(4-2)33-24-13-12-20(17-23(24)30-26(33)18-22-11-8-16-36-22)27(34)29-15-14-25-31-28(35-32-25)19-9-6-5-7-10-19/h5-13,16-17,21H,3-4,14-15,18H2,1-2H3,(H,29,34). The number of hydrogen-bond donors (Lipinski definition) is 1. The maximum absolute atomic E-state index is 12.9. The highest BCUT2D eigenvalue weighted by Gasteiger charge is 2.19. The van der Waals surface area contributed by atoms with Crippen molar-refractivity contribution >= 4 is 28.3 Å². The van der Waals surface area contributed by atoms with Crippen molar-refractivity contribution in [1.82, 2.24) is 25.0 Å². The fraction of sp³-hybridized carbons (Fsp3) is 0.286. The van der Waals surface area contributed by atoms with E-state index in [1.165, 1.54) is 4.88 Å². The van der Waals surface area contributed by atoms with E-state index >= 15 is 0 Å².